The minimum atomic E-state index is -1.10. The molecule has 5 heteroatoms. The van der Waals surface area contributed by atoms with Crippen LogP contribution in [-0.2, 0) is 16.1 Å². The summed E-state index contributed by atoms with van der Waals surface area (Å²) in [5, 5.41) is 19.4. The summed E-state index contributed by atoms with van der Waals surface area (Å²) >= 11 is 0. The highest BCUT2D eigenvalue weighted by Gasteiger charge is 2.58. The second-order valence-corrected chi connectivity index (χ2v) is 5.89. The molecule has 1 aromatic carbocycles. The summed E-state index contributed by atoms with van der Waals surface area (Å²) in [6.45, 7) is 4.11. The van der Waals surface area contributed by atoms with E-state index in [4.69, 9.17) is 0 Å². The predicted octanol–water partition coefficient (Wildman–Crippen LogP) is 2.61. The third-order valence-corrected chi connectivity index (χ3v) is 4.95. The SMILES string of the molecule is CC[C@H]1C[C@H](C(=O)O)N(Cc2ccccc2)C1(CC)C(=O)O. The maximum absolute atomic E-state index is 12.1. The van der Waals surface area contributed by atoms with Gasteiger partial charge in [0.05, 0.1) is 0 Å². The Morgan fingerprint density at radius 1 is 1.23 bits per heavy atom. The monoisotopic (exact) mass is 305 g/mol. The Hall–Kier alpha value is -1.88. The third kappa shape index (κ3) is 2.61. The molecule has 1 unspecified atom stereocenters. The van der Waals surface area contributed by atoms with E-state index in [9.17, 15) is 19.8 Å². The van der Waals surface area contributed by atoms with Crippen molar-refractivity contribution < 1.29 is 19.8 Å². The van der Waals surface area contributed by atoms with Crippen LogP contribution in [0.4, 0.5) is 0 Å². The smallest absolute Gasteiger partial charge is 0.324 e. The van der Waals surface area contributed by atoms with Crippen molar-refractivity contribution in [2.75, 3.05) is 0 Å². The summed E-state index contributed by atoms with van der Waals surface area (Å²) in [4.78, 5) is 25.4. The van der Waals surface area contributed by atoms with Crippen molar-refractivity contribution in [3.05, 3.63) is 35.9 Å². The van der Waals surface area contributed by atoms with Crippen LogP contribution in [-0.4, -0.2) is 38.6 Å². The summed E-state index contributed by atoms with van der Waals surface area (Å²) in [5.41, 5.74) is -0.169. The van der Waals surface area contributed by atoms with E-state index in [1.807, 2.05) is 44.2 Å². The first-order valence-corrected chi connectivity index (χ1v) is 7.74. The van der Waals surface area contributed by atoms with Gasteiger partial charge in [0.15, 0.2) is 0 Å². The van der Waals surface area contributed by atoms with E-state index in [1.165, 1.54) is 0 Å². The Bertz CT molecular complexity index is 545. The van der Waals surface area contributed by atoms with Crippen LogP contribution in [0.2, 0.25) is 0 Å². The molecule has 0 amide bonds. The Labute approximate surface area is 130 Å². The topological polar surface area (TPSA) is 77.8 Å². The number of carbonyl (C=O) groups is 2. The van der Waals surface area contributed by atoms with E-state index in [0.29, 0.717) is 25.8 Å². The largest absolute Gasteiger partial charge is 0.480 e. The van der Waals surface area contributed by atoms with Gasteiger partial charge < -0.3 is 10.2 Å². The Morgan fingerprint density at radius 2 is 1.86 bits per heavy atom. The van der Waals surface area contributed by atoms with Gasteiger partial charge in [-0.15, -0.1) is 0 Å². The molecule has 0 bridgehead atoms. The summed E-state index contributed by atoms with van der Waals surface area (Å²) in [7, 11) is 0. The average molecular weight is 305 g/mol. The molecule has 1 heterocycles. The zero-order valence-corrected chi connectivity index (χ0v) is 13.0. The second-order valence-electron chi connectivity index (χ2n) is 5.89. The first-order chi connectivity index (χ1) is 10.5. The number of carboxylic acid groups (broad SMARTS) is 2. The lowest BCUT2D eigenvalue weighted by Crippen LogP contribution is -2.56. The van der Waals surface area contributed by atoms with Crippen molar-refractivity contribution in [1.82, 2.24) is 4.90 Å². The highest BCUT2D eigenvalue weighted by molar-refractivity contribution is 5.83. The van der Waals surface area contributed by atoms with Crippen LogP contribution >= 0.6 is 0 Å². The molecular weight excluding hydrogens is 282 g/mol. The predicted molar refractivity (Wildman–Crippen MR) is 82.5 cm³/mol. The number of benzene rings is 1. The standard InChI is InChI=1S/C17H23NO4/c1-3-13-10-14(15(19)20)18(17(13,4-2)16(21)22)11-12-8-6-5-7-9-12/h5-9,13-14H,3-4,10-11H2,1-2H3,(H,19,20)(H,21,22)/t13-,14+,17?/m0/s1. The number of hydrogen-bond donors (Lipinski definition) is 2. The maximum Gasteiger partial charge on any atom is 0.324 e. The Balaban J connectivity index is 2.45. The van der Waals surface area contributed by atoms with Gasteiger partial charge in [0.1, 0.15) is 11.6 Å². The van der Waals surface area contributed by atoms with Gasteiger partial charge in [0, 0.05) is 6.54 Å². The molecular formula is C17H23NO4. The van der Waals surface area contributed by atoms with Crippen molar-refractivity contribution in [3.8, 4) is 0 Å². The number of hydrogen-bond acceptors (Lipinski definition) is 3. The zero-order valence-electron chi connectivity index (χ0n) is 13.0. The van der Waals surface area contributed by atoms with Crippen molar-refractivity contribution in [1.29, 1.82) is 0 Å². The minimum absolute atomic E-state index is 0.153. The van der Waals surface area contributed by atoms with E-state index in [1.54, 1.807) is 4.90 Å². The van der Waals surface area contributed by atoms with Crippen LogP contribution in [0.3, 0.4) is 0 Å². The van der Waals surface area contributed by atoms with Crippen molar-refractivity contribution >= 4 is 11.9 Å². The lowest BCUT2D eigenvalue weighted by molar-refractivity contribution is -0.157. The Kier molecular flexibility index (Phi) is 4.86. The molecule has 0 aliphatic carbocycles. The molecule has 1 aromatic rings. The van der Waals surface area contributed by atoms with Crippen molar-refractivity contribution in [2.45, 2.75) is 51.2 Å². The van der Waals surface area contributed by atoms with Gasteiger partial charge in [-0.2, -0.15) is 0 Å². The summed E-state index contributed by atoms with van der Waals surface area (Å²) < 4.78 is 0. The quantitative estimate of drug-likeness (QED) is 0.844. The van der Waals surface area contributed by atoms with E-state index in [2.05, 4.69) is 0 Å². The van der Waals surface area contributed by atoms with Crippen molar-refractivity contribution in [3.63, 3.8) is 0 Å². The average Bonchev–Trinajstić information content (AvgIpc) is 2.83. The first kappa shape index (κ1) is 16.5. The van der Waals surface area contributed by atoms with E-state index >= 15 is 0 Å². The molecule has 1 aliphatic rings. The fourth-order valence-electron chi connectivity index (χ4n) is 3.81. The second kappa shape index (κ2) is 6.48. The van der Waals surface area contributed by atoms with Gasteiger partial charge in [0.25, 0.3) is 0 Å². The molecule has 1 saturated heterocycles. The highest BCUT2D eigenvalue weighted by Crippen LogP contribution is 2.44. The minimum Gasteiger partial charge on any atom is -0.480 e. The fourth-order valence-corrected chi connectivity index (χ4v) is 3.81. The molecule has 1 aliphatic heterocycles. The lowest BCUT2D eigenvalue weighted by Gasteiger charge is -2.39. The van der Waals surface area contributed by atoms with Gasteiger partial charge in [0.2, 0.25) is 0 Å². The van der Waals surface area contributed by atoms with E-state index in [-0.39, 0.29) is 5.92 Å². The van der Waals surface area contributed by atoms with Crippen molar-refractivity contribution in [2.24, 2.45) is 5.92 Å². The zero-order chi connectivity index (χ0) is 16.3. The lowest BCUT2D eigenvalue weighted by atomic mass is 9.80. The Morgan fingerprint density at radius 3 is 2.32 bits per heavy atom. The molecule has 120 valence electrons. The molecule has 2 N–H and O–H groups in total. The van der Waals surface area contributed by atoms with Gasteiger partial charge in [-0.25, -0.2) is 0 Å². The maximum atomic E-state index is 12.1. The highest BCUT2D eigenvalue weighted by atomic mass is 16.4. The molecule has 1 fully saturated rings. The van der Waals surface area contributed by atoms with Crippen LogP contribution in [0.5, 0.6) is 0 Å². The number of likely N-dealkylation sites (tertiary alicyclic amines) is 1. The van der Waals surface area contributed by atoms with Gasteiger partial charge >= 0.3 is 11.9 Å². The first-order valence-electron chi connectivity index (χ1n) is 7.74. The van der Waals surface area contributed by atoms with Crippen LogP contribution in [0.1, 0.15) is 38.7 Å². The molecule has 5 nitrogen and oxygen atoms in total. The van der Waals surface area contributed by atoms with Gasteiger partial charge in [-0.3, -0.25) is 14.5 Å². The number of rotatable bonds is 6. The third-order valence-electron chi connectivity index (χ3n) is 4.95. The number of aliphatic carboxylic acids is 2. The summed E-state index contributed by atoms with van der Waals surface area (Å²) in [6, 6.07) is 8.71. The van der Waals surface area contributed by atoms with Crippen LogP contribution in [0.15, 0.2) is 30.3 Å². The number of nitrogens with zero attached hydrogens (tertiary/aromatic N) is 1. The molecule has 0 saturated carbocycles. The molecule has 22 heavy (non-hydrogen) atoms. The normalized spacial score (nSPS) is 28.6. The van der Waals surface area contributed by atoms with Crippen LogP contribution in [0, 0.1) is 5.92 Å². The summed E-state index contributed by atoms with van der Waals surface area (Å²) in [6.07, 6.45) is 1.45. The van der Waals surface area contributed by atoms with Crippen LogP contribution < -0.4 is 0 Å². The molecule has 0 radical (unpaired) electrons. The van der Waals surface area contributed by atoms with Crippen LogP contribution in [0.25, 0.3) is 0 Å². The van der Waals surface area contributed by atoms with Gasteiger partial charge in [-0.05, 0) is 24.3 Å². The fraction of sp³-hybridized carbons (Fsp3) is 0.529. The van der Waals surface area contributed by atoms with Gasteiger partial charge in [-0.1, -0.05) is 50.6 Å². The molecule has 0 spiro atoms. The molecule has 2 rings (SSSR count). The van der Waals surface area contributed by atoms with E-state index in [0.717, 1.165) is 5.56 Å². The summed E-state index contributed by atoms with van der Waals surface area (Å²) in [5.74, 6) is -2.01. The number of carboxylic acids is 2. The molecule has 0 aromatic heterocycles. The van der Waals surface area contributed by atoms with E-state index < -0.39 is 23.5 Å². The molecule has 3 atom stereocenters.